The highest BCUT2D eigenvalue weighted by Gasteiger charge is 2.47. The van der Waals surface area contributed by atoms with E-state index >= 15 is 0 Å². The number of methoxy groups -OCH3 is 1. The monoisotopic (exact) mass is 398 g/mol. The van der Waals surface area contributed by atoms with Gasteiger partial charge in [0.05, 0.1) is 12.3 Å². The van der Waals surface area contributed by atoms with Crippen molar-refractivity contribution in [3.8, 4) is 17.2 Å². The van der Waals surface area contributed by atoms with Gasteiger partial charge in [0.25, 0.3) is 0 Å². The number of hydrogen-bond donors (Lipinski definition) is 2. The SMILES string of the molecule is CCC(C)(CC)P(=O)(ONc1cc(C)on1)Oc1cc(C)c(O)c(OC)c1. The Morgan fingerprint density at radius 1 is 1.26 bits per heavy atom. The average molecular weight is 398 g/mol. The first-order chi connectivity index (χ1) is 12.7. The minimum atomic E-state index is -3.71. The molecule has 0 aliphatic carbocycles. The summed E-state index contributed by atoms with van der Waals surface area (Å²) in [4.78, 5) is 0. The van der Waals surface area contributed by atoms with Gasteiger partial charge in [-0.3, -0.25) is 0 Å². The Kier molecular flexibility index (Phi) is 6.44. The first-order valence-electron chi connectivity index (χ1n) is 8.73. The largest absolute Gasteiger partial charge is 0.504 e. The summed E-state index contributed by atoms with van der Waals surface area (Å²) in [6.07, 6.45) is 1.13. The van der Waals surface area contributed by atoms with Crippen LogP contribution < -0.4 is 14.7 Å². The summed E-state index contributed by atoms with van der Waals surface area (Å²) < 4.78 is 35.4. The van der Waals surface area contributed by atoms with E-state index in [-0.39, 0.29) is 17.2 Å². The van der Waals surface area contributed by atoms with Crippen LogP contribution in [0.5, 0.6) is 17.2 Å². The van der Waals surface area contributed by atoms with Gasteiger partial charge in [-0.2, -0.15) is 4.62 Å². The Morgan fingerprint density at radius 2 is 1.93 bits per heavy atom. The first kappa shape index (κ1) is 21.1. The lowest BCUT2D eigenvalue weighted by Gasteiger charge is -2.34. The quantitative estimate of drug-likeness (QED) is 0.439. The van der Waals surface area contributed by atoms with Crippen molar-refractivity contribution in [3.63, 3.8) is 0 Å². The van der Waals surface area contributed by atoms with Crippen LogP contribution in [-0.4, -0.2) is 22.5 Å². The van der Waals surface area contributed by atoms with Crippen LogP contribution in [0.15, 0.2) is 22.7 Å². The van der Waals surface area contributed by atoms with Crippen LogP contribution in [0.4, 0.5) is 5.82 Å². The summed E-state index contributed by atoms with van der Waals surface area (Å²) in [5.41, 5.74) is 3.11. The molecule has 2 aromatic rings. The standard InChI is InChI=1S/C18H27N2O6P/c1-7-18(5,8-2)27(22,26-20-16-10-13(4)24-19-16)25-14-9-12(3)17(21)15(11-14)23-6/h9-11,21H,7-8H2,1-6H3,(H,19,20). The van der Waals surface area contributed by atoms with Crippen LogP contribution in [0.25, 0.3) is 0 Å². The van der Waals surface area contributed by atoms with Gasteiger partial charge in [-0.1, -0.05) is 19.0 Å². The van der Waals surface area contributed by atoms with Gasteiger partial charge in [-0.15, -0.1) is 0 Å². The predicted octanol–water partition coefficient (Wildman–Crippen LogP) is 5.20. The van der Waals surface area contributed by atoms with Crippen molar-refractivity contribution in [3.05, 3.63) is 29.5 Å². The molecule has 9 heteroatoms. The van der Waals surface area contributed by atoms with E-state index in [1.165, 1.54) is 13.2 Å². The summed E-state index contributed by atoms with van der Waals surface area (Å²) >= 11 is 0. The van der Waals surface area contributed by atoms with E-state index in [1.807, 2.05) is 20.8 Å². The number of benzene rings is 1. The number of ether oxygens (including phenoxy) is 1. The van der Waals surface area contributed by atoms with Crippen LogP contribution in [0, 0.1) is 13.8 Å². The molecule has 0 aliphatic rings. The molecule has 1 atom stereocenters. The Hall–Kier alpha value is -2.18. The van der Waals surface area contributed by atoms with E-state index in [4.69, 9.17) is 18.4 Å². The fourth-order valence-electron chi connectivity index (χ4n) is 2.46. The maximum atomic E-state index is 13.8. The predicted molar refractivity (Wildman–Crippen MR) is 103 cm³/mol. The van der Waals surface area contributed by atoms with Crippen LogP contribution in [-0.2, 0) is 9.19 Å². The molecule has 1 unspecified atom stereocenters. The van der Waals surface area contributed by atoms with Crippen molar-refractivity contribution in [2.45, 2.75) is 52.6 Å². The van der Waals surface area contributed by atoms with Gasteiger partial charge >= 0.3 is 7.60 Å². The lowest BCUT2D eigenvalue weighted by Crippen LogP contribution is -2.28. The van der Waals surface area contributed by atoms with E-state index in [9.17, 15) is 9.67 Å². The molecule has 0 fully saturated rings. The molecular formula is C18H27N2O6P. The van der Waals surface area contributed by atoms with Gasteiger partial charge in [-0.05, 0) is 45.2 Å². The number of hydrogen-bond acceptors (Lipinski definition) is 8. The molecule has 2 N–H and O–H groups in total. The first-order valence-corrected chi connectivity index (χ1v) is 10.3. The van der Waals surface area contributed by atoms with Crippen molar-refractivity contribution in [2.24, 2.45) is 0 Å². The molecule has 0 spiro atoms. The van der Waals surface area contributed by atoms with E-state index in [2.05, 4.69) is 10.6 Å². The number of nitrogens with zero attached hydrogens (tertiary/aromatic N) is 1. The third-order valence-electron chi connectivity index (χ3n) is 4.77. The number of nitrogens with one attached hydrogen (secondary N) is 1. The highest BCUT2D eigenvalue weighted by Crippen LogP contribution is 2.62. The number of aryl methyl sites for hydroxylation is 2. The highest BCUT2D eigenvalue weighted by molar-refractivity contribution is 7.56. The molecular weight excluding hydrogens is 371 g/mol. The number of phenolic OH excluding ortho intramolecular Hbond substituents is 1. The molecule has 1 aromatic carbocycles. The second-order valence-corrected chi connectivity index (χ2v) is 9.04. The summed E-state index contributed by atoms with van der Waals surface area (Å²) in [6, 6.07) is 4.68. The molecule has 0 saturated carbocycles. The van der Waals surface area contributed by atoms with Gasteiger partial charge in [0.15, 0.2) is 17.3 Å². The second-order valence-electron chi connectivity index (χ2n) is 6.60. The molecule has 1 aromatic heterocycles. The summed E-state index contributed by atoms with van der Waals surface area (Å²) in [6.45, 7) is 9.12. The van der Waals surface area contributed by atoms with Crippen LogP contribution >= 0.6 is 7.60 Å². The van der Waals surface area contributed by atoms with Gasteiger partial charge < -0.3 is 18.9 Å². The van der Waals surface area contributed by atoms with Crippen LogP contribution in [0.2, 0.25) is 0 Å². The Morgan fingerprint density at radius 3 is 2.44 bits per heavy atom. The van der Waals surface area contributed by atoms with Crippen molar-refractivity contribution in [1.82, 2.24) is 5.16 Å². The topological polar surface area (TPSA) is 103 Å². The molecule has 8 nitrogen and oxygen atoms in total. The number of rotatable bonds is 9. The van der Waals surface area contributed by atoms with Crippen molar-refractivity contribution in [2.75, 3.05) is 12.6 Å². The van der Waals surface area contributed by atoms with Gasteiger partial charge in [0.1, 0.15) is 11.5 Å². The zero-order valence-electron chi connectivity index (χ0n) is 16.5. The normalized spacial score (nSPS) is 13.9. The van der Waals surface area contributed by atoms with E-state index < -0.39 is 12.8 Å². The highest BCUT2D eigenvalue weighted by atomic mass is 31.2. The van der Waals surface area contributed by atoms with Crippen molar-refractivity contribution < 1.29 is 28.1 Å². The van der Waals surface area contributed by atoms with Crippen molar-refractivity contribution in [1.29, 1.82) is 0 Å². The Balaban J connectivity index is 2.38. The van der Waals surface area contributed by atoms with Crippen LogP contribution in [0.3, 0.4) is 0 Å². The van der Waals surface area contributed by atoms with E-state index in [1.54, 1.807) is 26.0 Å². The smallest absolute Gasteiger partial charge is 0.406 e. The maximum Gasteiger partial charge on any atom is 0.406 e. The molecule has 0 bridgehead atoms. The lowest BCUT2D eigenvalue weighted by molar-refractivity contribution is 0.276. The Labute approximate surface area is 159 Å². The number of aromatic hydroxyl groups is 1. The third-order valence-corrected chi connectivity index (χ3v) is 7.50. The molecule has 0 amide bonds. The van der Waals surface area contributed by atoms with E-state index in [0.29, 0.717) is 30.0 Å². The zero-order valence-corrected chi connectivity index (χ0v) is 17.4. The van der Waals surface area contributed by atoms with Crippen LogP contribution in [0.1, 0.15) is 44.9 Å². The van der Waals surface area contributed by atoms with Gasteiger partial charge in [-0.25, -0.2) is 10.0 Å². The lowest BCUT2D eigenvalue weighted by atomic mass is 10.1. The fraction of sp³-hybridized carbons (Fsp3) is 0.500. The molecule has 150 valence electrons. The maximum absolute atomic E-state index is 13.8. The third kappa shape index (κ3) is 4.39. The fourth-order valence-corrected chi connectivity index (χ4v) is 4.31. The summed E-state index contributed by atoms with van der Waals surface area (Å²) in [5.74, 6) is 1.39. The van der Waals surface area contributed by atoms with Gasteiger partial charge in [0, 0.05) is 12.1 Å². The Bertz CT molecular complexity index is 831. The van der Waals surface area contributed by atoms with Gasteiger partial charge in [0.2, 0.25) is 0 Å². The summed E-state index contributed by atoms with van der Waals surface area (Å²) in [7, 11) is -2.28. The molecule has 0 aliphatic heterocycles. The second kappa shape index (κ2) is 8.23. The van der Waals surface area contributed by atoms with E-state index in [0.717, 1.165) is 0 Å². The number of anilines is 1. The molecule has 0 radical (unpaired) electrons. The zero-order chi connectivity index (χ0) is 20.2. The average Bonchev–Trinajstić information content (AvgIpc) is 3.07. The summed E-state index contributed by atoms with van der Waals surface area (Å²) in [5, 5.41) is 13.0. The minimum absolute atomic E-state index is 0.00513. The molecule has 2 rings (SSSR count). The minimum Gasteiger partial charge on any atom is -0.504 e. The van der Waals surface area contributed by atoms with Crippen molar-refractivity contribution >= 4 is 13.4 Å². The molecule has 1 heterocycles. The number of aromatic nitrogens is 1. The molecule has 27 heavy (non-hydrogen) atoms. The molecule has 0 saturated heterocycles. The number of phenols is 1.